The van der Waals surface area contributed by atoms with Gasteiger partial charge in [0, 0.05) is 61.5 Å². The average Bonchev–Trinajstić information content (AvgIpc) is 1.03. The Hall–Kier alpha value is -12.2. The third-order valence-corrected chi connectivity index (χ3v) is 20.0. The van der Waals surface area contributed by atoms with E-state index in [9.17, 15) is 2.74 Å². The van der Waals surface area contributed by atoms with Crippen LogP contribution in [0.3, 0.4) is 0 Å². The number of aromatic nitrogens is 1. The van der Waals surface area contributed by atoms with Crippen LogP contribution in [0.1, 0.15) is 33.2 Å². The molecule has 0 aliphatic carbocycles. The van der Waals surface area contributed by atoms with E-state index in [0.29, 0.717) is 5.56 Å². The molecule has 0 spiro atoms. The van der Waals surface area contributed by atoms with Gasteiger partial charge in [-0.3, -0.25) is 0 Å². The van der Waals surface area contributed by atoms with E-state index in [0.717, 1.165) is 156 Å². The number of fused-ring (bicyclic) bond motifs is 7. The zero-order valence-corrected chi connectivity index (χ0v) is 54.6. The minimum Gasteiger partial charge on any atom is -0.310 e. The molecule has 462 valence electrons. The summed E-state index contributed by atoms with van der Waals surface area (Å²) in [6, 6.07) is 117. The second-order valence-corrected chi connectivity index (χ2v) is 26.7. The molecule has 0 atom stereocenters. The van der Waals surface area contributed by atoms with E-state index in [1.54, 1.807) is 0 Å². The van der Waals surface area contributed by atoms with Crippen molar-refractivity contribution in [3.8, 4) is 94.7 Å². The van der Waals surface area contributed by atoms with Crippen LogP contribution < -0.4 is 26.2 Å². The van der Waals surface area contributed by atoms with Crippen molar-refractivity contribution < 1.29 is 6.85 Å². The second kappa shape index (κ2) is 23.9. The number of benzene rings is 15. The first-order valence-electron chi connectivity index (χ1n) is 36.3. The lowest BCUT2D eigenvalue weighted by Gasteiger charge is -2.46. The number of anilines is 6. The maximum absolute atomic E-state index is 9.62. The highest BCUT2D eigenvalue weighted by Crippen LogP contribution is 2.56. The third kappa shape index (κ3) is 9.90. The Morgan fingerprint density at radius 2 is 0.714 bits per heavy atom. The first-order chi connectivity index (χ1) is 50.4. The van der Waals surface area contributed by atoms with Gasteiger partial charge in [0.05, 0.1) is 29.3 Å². The number of para-hydroxylation sites is 3. The van der Waals surface area contributed by atoms with Gasteiger partial charge in [-0.05, 0) is 155 Å². The van der Waals surface area contributed by atoms with Gasteiger partial charge in [-0.15, -0.1) is 0 Å². The average molecular weight is 1260 g/mol. The fourth-order valence-electron chi connectivity index (χ4n) is 15.5. The van der Waals surface area contributed by atoms with Crippen LogP contribution in [0.5, 0.6) is 0 Å². The van der Waals surface area contributed by atoms with E-state index in [2.05, 4.69) is 357 Å². The molecule has 2 aliphatic heterocycles. The highest BCUT2D eigenvalue weighted by molar-refractivity contribution is 7.00. The van der Waals surface area contributed by atoms with Gasteiger partial charge in [0.1, 0.15) is 0 Å². The molecule has 0 unspecified atom stereocenters. The minimum atomic E-state index is -0.440. The number of rotatable bonds is 11. The highest BCUT2D eigenvalue weighted by atomic mass is 15.2. The van der Waals surface area contributed by atoms with Crippen LogP contribution in [0, 0.1) is 0 Å². The Balaban J connectivity index is 1.06. The molecular weight excluding hydrogens is 1180 g/mol. The predicted octanol–water partition coefficient (Wildman–Crippen LogP) is 23.5. The molecule has 4 heteroatoms. The van der Waals surface area contributed by atoms with Crippen molar-refractivity contribution in [1.29, 1.82) is 0 Å². The van der Waals surface area contributed by atoms with Crippen LogP contribution in [-0.2, 0) is 5.41 Å². The first kappa shape index (κ1) is 53.1. The van der Waals surface area contributed by atoms with Crippen LogP contribution >= 0.6 is 0 Å². The van der Waals surface area contributed by atoms with E-state index >= 15 is 0 Å². The van der Waals surface area contributed by atoms with Gasteiger partial charge in [0.15, 0.2) is 0 Å². The van der Waals surface area contributed by atoms with Crippen LogP contribution in [-0.4, -0.2) is 11.3 Å². The fraction of sp³-hybridized carbons (Fsp3) is 0.0426. The summed E-state index contributed by atoms with van der Waals surface area (Å²) >= 11 is 0. The Kier molecular flexibility index (Phi) is 12.9. The molecule has 15 aromatic carbocycles. The first-order valence-corrected chi connectivity index (χ1v) is 33.8. The number of nitrogens with zero attached hydrogens (tertiary/aromatic N) is 3. The molecule has 2 aliphatic rings. The summed E-state index contributed by atoms with van der Waals surface area (Å²) in [5.74, 6) is 0. The smallest absolute Gasteiger partial charge is 0.252 e. The van der Waals surface area contributed by atoms with Crippen molar-refractivity contribution in [3.05, 3.63) is 363 Å². The molecule has 0 bridgehead atoms. The fourth-order valence-corrected chi connectivity index (χ4v) is 15.5. The molecule has 1 aromatic heterocycles. The predicted molar refractivity (Wildman–Crippen MR) is 417 cm³/mol. The van der Waals surface area contributed by atoms with Gasteiger partial charge in [-0.2, -0.15) is 0 Å². The van der Waals surface area contributed by atoms with Gasteiger partial charge in [0.25, 0.3) is 6.71 Å². The van der Waals surface area contributed by atoms with Gasteiger partial charge >= 0.3 is 0 Å². The topological polar surface area (TPSA) is 11.4 Å². The molecule has 98 heavy (non-hydrogen) atoms. The highest BCUT2D eigenvalue weighted by Gasteiger charge is 2.46. The quantitative estimate of drug-likeness (QED) is 0.120. The summed E-state index contributed by atoms with van der Waals surface area (Å²) in [6.45, 7) is 6.38. The summed E-state index contributed by atoms with van der Waals surface area (Å²) in [6.07, 6.45) is 0. The molecule has 0 saturated heterocycles. The molecule has 0 saturated carbocycles. The van der Waals surface area contributed by atoms with Gasteiger partial charge < -0.3 is 14.4 Å². The Labute approximate surface area is 581 Å². The van der Waals surface area contributed by atoms with Crippen LogP contribution in [0.4, 0.5) is 34.1 Å². The molecule has 16 aromatic rings. The molecular formula is C94H68BN3. The Bertz CT molecular complexity index is 5890. The molecule has 0 amide bonds. The Morgan fingerprint density at radius 1 is 0.296 bits per heavy atom. The van der Waals surface area contributed by atoms with Crippen molar-refractivity contribution in [2.75, 3.05) is 9.80 Å². The van der Waals surface area contributed by atoms with E-state index in [1.807, 2.05) is 6.07 Å². The van der Waals surface area contributed by atoms with E-state index in [1.165, 1.54) is 5.56 Å². The zero-order chi connectivity index (χ0) is 69.8. The van der Waals surface area contributed by atoms with E-state index in [-0.39, 0.29) is 35.1 Å². The lowest BCUT2D eigenvalue weighted by atomic mass is 9.33. The lowest BCUT2D eigenvalue weighted by molar-refractivity contribution is 0.590. The Morgan fingerprint density at radius 3 is 1.27 bits per heavy atom. The SMILES string of the molecule is [2H]c1c([2H])c([2H])c(-c2ccc3c(c2)N(c2c(-c4ccccc4)cccc2-c2ccccc2)c2cc(-c4cccc5c4c4ccccc4n5-c4ccccc4)cc4c2B3c2ccc(-c3cccc(C(C)(C)C)c3)cc2N4c2c(-c3ccccc3)cc(-c3ccccc3)cc2-c2ccccc2)c([2H])c1[2H]. The molecule has 0 N–H and O–H groups in total. The van der Waals surface area contributed by atoms with Crippen molar-refractivity contribution >= 4 is 79.0 Å². The lowest BCUT2D eigenvalue weighted by Crippen LogP contribution is -2.61. The van der Waals surface area contributed by atoms with Gasteiger partial charge in [-0.25, -0.2) is 0 Å². The van der Waals surface area contributed by atoms with Crippen molar-refractivity contribution in [3.63, 3.8) is 0 Å². The van der Waals surface area contributed by atoms with Crippen molar-refractivity contribution in [2.45, 2.75) is 26.2 Å². The third-order valence-electron chi connectivity index (χ3n) is 20.0. The van der Waals surface area contributed by atoms with Crippen molar-refractivity contribution in [2.24, 2.45) is 0 Å². The summed E-state index contributed by atoms with van der Waals surface area (Å²) in [4.78, 5) is 5.08. The molecule has 3 heterocycles. The zero-order valence-electron chi connectivity index (χ0n) is 59.6. The van der Waals surface area contributed by atoms with E-state index in [4.69, 9.17) is 4.11 Å². The summed E-state index contributed by atoms with van der Waals surface area (Å²) in [5, 5.41) is 2.23. The summed E-state index contributed by atoms with van der Waals surface area (Å²) < 4.78 is 48.7. The molecule has 0 radical (unpaired) electrons. The molecule has 0 fully saturated rings. The summed E-state index contributed by atoms with van der Waals surface area (Å²) in [7, 11) is 0. The monoisotopic (exact) mass is 1250 g/mol. The molecule has 18 rings (SSSR count). The van der Waals surface area contributed by atoms with Crippen LogP contribution in [0.15, 0.2) is 358 Å². The normalized spacial score (nSPS) is 13.1. The van der Waals surface area contributed by atoms with Gasteiger partial charge in [-0.1, -0.05) is 318 Å². The maximum atomic E-state index is 9.62. The van der Waals surface area contributed by atoms with E-state index < -0.39 is 12.8 Å². The molecule has 3 nitrogen and oxygen atoms in total. The van der Waals surface area contributed by atoms with Crippen molar-refractivity contribution in [1.82, 2.24) is 4.57 Å². The number of hydrogen-bond acceptors (Lipinski definition) is 2. The van der Waals surface area contributed by atoms with Gasteiger partial charge in [0.2, 0.25) is 0 Å². The minimum absolute atomic E-state index is 0.126. The second-order valence-electron chi connectivity index (χ2n) is 26.7. The van der Waals surface area contributed by atoms with Crippen LogP contribution in [0.2, 0.25) is 0 Å². The maximum Gasteiger partial charge on any atom is 0.252 e. The standard InChI is InChI=1S/C94H68BN3/c1-94(2,3)74-43-27-42-69(56-74)71-53-55-83-87(60-71)98(93-80(67-38-19-8-20-39-67)57-72(64-32-13-5-14-33-64)58-81(93)68-40-21-9-22-41-68)89-62-73(76-47-29-51-85-90(76)79-46-25-26-50-84(79)96(85)75-44-23-10-24-45-75)61-88-91(89)95(83)82-54-52-70(63-30-11-4-12-31-63)59-86(82)97(88)92-77(65-34-15-6-16-35-65)48-28-49-78(92)66-36-17-7-18-37-66/h4-62H,1-3H3/i4D,11D,12D,30D,31D. The summed E-state index contributed by atoms with van der Waals surface area (Å²) in [5.41, 5.74) is 28.4. The van der Waals surface area contributed by atoms with Crippen LogP contribution in [0.25, 0.3) is 117 Å². The number of hydrogen-bond donors (Lipinski definition) is 0. The largest absolute Gasteiger partial charge is 0.310 e.